The number of nitrogens with zero attached hydrogens (tertiary/aromatic N) is 1. The van der Waals surface area contributed by atoms with Crippen molar-refractivity contribution in [3.8, 4) is 0 Å². The van der Waals surface area contributed by atoms with Crippen LogP contribution in [0.3, 0.4) is 0 Å². The molecule has 22 heavy (non-hydrogen) atoms. The largest absolute Gasteiger partial charge is 0.347 e. The van der Waals surface area contributed by atoms with E-state index in [1.54, 1.807) is 29.5 Å². The quantitative estimate of drug-likeness (QED) is 0.711. The van der Waals surface area contributed by atoms with Gasteiger partial charge in [-0.15, -0.1) is 17.9 Å². The number of halogens is 1. The number of benzene rings is 1. The van der Waals surface area contributed by atoms with Gasteiger partial charge in [0.1, 0.15) is 11.5 Å². The summed E-state index contributed by atoms with van der Waals surface area (Å²) in [6, 6.07) is 9.99. The lowest BCUT2D eigenvalue weighted by atomic mass is 10.2. The summed E-state index contributed by atoms with van der Waals surface area (Å²) in [6.07, 6.45) is 1.77. The summed E-state index contributed by atoms with van der Waals surface area (Å²) in [5, 5.41) is 4.88. The Morgan fingerprint density at radius 1 is 1.32 bits per heavy atom. The average Bonchev–Trinajstić information content (AvgIpc) is 3.09. The van der Waals surface area contributed by atoms with Gasteiger partial charge >= 0.3 is 0 Å². The number of amides is 1. The van der Waals surface area contributed by atoms with E-state index in [2.05, 4.69) is 11.9 Å². The maximum atomic E-state index is 12.9. The number of carbonyl (C=O) groups excluding carboxylic acids is 1. The second-order valence-electron chi connectivity index (χ2n) is 4.91. The van der Waals surface area contributed by atoms with E-state index in [1.807, 2.05) is 22.1 Å². The van der Waals surface area contributed by atoms with E-state index in [-0.39, 0.29) is 11.7 Å². The van der Waals surface area contributed by atoms with Crippen molar-refractivity contribution in [1.29, 1.82) is 0 Å². The number of aromatic nitrogens is 1. The zero-order valence-corrected chi connectivity index (χ0v) is 12.7. The number of hydrogen-bond donors (Lipinski definition) is 1. The second-order valence-corrected chi connectivity index (χ2v) is 5.86. The summed E-state index contributed by atoms with van der Waals surface area (Å²) in [4.78, 5) is 12.4. The Hall–Kier alpha value is -2.40. The van der Waals surface area contributed by atoms with E-state index in [0.29, 0.717) is 18.8 Å². The van der Waals surface area contributed by atoms with Crippen LogP contribution in [-0.2, 0) is 13.1 Å². The Balaban J connectivity index is 1.79. The summed E-state index contributed by atoms with van der Waals surface area (Å²) in [5.41, 5.74) is 2.51. The van der Waals surface area contributed by atoms with Crippen molar-refractivity contribution < 1.29 is 9.18 Å². The van der Waals surface area contributed by atoms with Crippen LogP contribution >= 0.6 is 11.3 Å². The minimum Gasteiger partial charge on any atom is -0.347 e. The molecular weight excluding hydrogens is 299 g/mol. The average molecular weight is 314 g/mol. The molecule has 1 N–H and O–H groups in total. The normalized spacial score (nSPS) is 10.8. The summed E-state index contributed by atoms with van der Waals surface area (Å²) < 4.78 is 15.9. The van der Waals surface area contributed by atoms with Crippen molar-refractivity contribution in [3.05, 3.63) is 71.5 Å². The summed E-state index contributed by atoms with van der Waals surface area (Å²) in [7, 11) is 0. The molecule has 0 atom stereocenters. The molecule has 5 heteroatoms. The van der Waals surface area contributed by atoms with Crippen LogP contribution in [0.25, 0.3) is 10.2 Å². The highest BCUT2D eigenvalue weighted by Gasteiger charge is 2.15. The number of fused-ring (bicyclic) bond motifs is 1. The Kier molecular flexibility index (Phi) is 4.06. The van der Waals surface area contributed by atoms with Gasteiger partial charge in [-0.25, -0.2) is 4.39 Å². The molecule has 0 saturated heterocycles. The third-order valence-electron chi connectivity index (χ3n) is 3.43. The monoisotopic (exact) mass is 314 g/mol. The molecule has 0 aliphatic heterocycles. The molecule has 0 bridgehead atoms. The highest BCUT2D eigenvalue weighted by atomic mass is 32.1. The number of thiophene rings is 1. The molecule has 0 aliphatic carbocycles. The molecule has 0 spiro atoms. The topological polar surface area (TPSA) is 34.0 Å². The third kappa shape index (κ3) is 2.80. The van der Waals surface area contributed by atoms with E-state index in [1.165, 1.54) is 12.1 Å². The van der Waals surface area contributed by atoms with Gasteiger partial charge in [0.25, 0.3) is 5.91 Å². The second kappa shape index (κ2) is 6.15. The van der Waals surface area contributed by atoms with Crippen molar-refractivity contribution in [3.63, 3.8) is 0 Å². The predicted molar refractivity (Wildman–Crippen MR) is 87.6 cm³/mol. The van der Waals surface area contributed by atoms with E-state index in [4.69, 9.17) is 0 Å². The van der Waals surface area contributed by atoms with Crippen LogP contribution in [0.4, 0.5) is 4.39 Å². The molecule has 0 unspecified atom stereocenters. The molecule has 0 fully saturated rings. The molecule has 0 saturated carbocycles. The van der Waals surface area contributed by atoms with Gasteiger partial charge < -0.3 is 9.88 Å². The number of nitrogens with one attached hydrogen (secondary N) is 1. The van der Waals surface area contributed by atoms with Crippen LogP contribution in [-0.4, -0.2) is 10.5 Å². The lowest BCUT2D eigenvalue weighted by Crippen LogP contribution is -2.25. The van der Waals surface area contributed by atoms with E-state index in [9.17, 15) is 9.18 Å². The SMILES string of the molecule is C=CCn1c(C(=O)NCc2ccc(F)cc2)cc2sccc21. The van der Waals surface area contributed by atoms with Crippen LogP contribution in [0, 0.1) is 5.82 Å². The molecule has 2 heterocycles. The summed E-state index contributed by atoms with van der Waals surface area (Å²) >= 11 is 1.60. The number of hydrogen-bond acceptors (Lipinski definition) is 2. The smallest absolute Gasteiger partial charge is 0.268 e. The Bertz CT molecular complexity index is 817. The van der Waals surface area contributed by atoms with Gasteiger partial charge in [-0.3, -0.25) is 4.79 Å². The van der Waals surface area contributed by atoms with Gasteiger partial charge in [0.15, 0.2) is 0 Å². The van der Waals surface area contributed by atoms with Crippen molar-refractivity contribution in [2.45, 2.75) is 13.1 Å². The van der Waals surface area contributed by atoms with Gasteiger partial charge in [0.05, 0.1) is 10.2 Å². The molecule has 2 aromatic heterocycles. The zero-order chi connectivity index (χ0) is 15.5. The number of carbonyl (C=O) groups is 1. The third-order valence-corrected chi connectivity index (χ3v) is 4.29. The Morgan fingerprint density at radius 3 is 2.82 bits per heavy atom. The van der Waals surface area contributed by atoms with E-state index < -0.39 is 0 Å². The molecule has 112 valence electrons. The zero-order valence-electron chi connectivity index (χ0n) is 11.9. The van der Waals surface area contributed by atoms with Gasteiger partial charge in [-0.05, 0) is 35.2 Å². The first-order chi connectivity index (χ1) is 10.7. The fraction of sp³-hybridized carbons (Fsp3) is 0.118. The number of allylic oxidation sites excluding steroid dienone is 1. The molecule has 1 aromatic carbocycles. The molecule has 3 aromatic rings. The van der Waals surface area contributed by atoms with Crippen molar-refractivity contribution >= 4 is 27.5 Å². The van der Waals surface area contributed by atoms with Crippen molar-refractivity contribution in [2.75, 3.05) is 0 Å². The van der Waals surface area contributed by atoms with E-state index >= 15 is 0 Å². The van der Waals surface area contributed by atoms with Crippen LogP contribution in [0.5, 0.6) is 0 Å². The first-order valence-corrected chi connectivity index (χ1v) is 7.77. The van der Waals surface area contributed by atoms with Crippen LogP contribution in [0.15, 0.2) is 54.4 Å². The highest BCUT2D eigenvalue weighted by Crippen LogP contribution is 2.25. The standard InChI is InChI=1S/C17H15FN2OS/c1-2-8-20-14-7-9-22-16(14)10-15(20)17(21)19-11-12-3-5-13(18)6-4-12/h2-7,9-10H,1,8,11H2,(H,19,21). The first kappa shape index (κ1) is 14.5. The molecule has 0 radical (unpaired) electrons. The lowest BCUT2D eigenvalue weighted by molar-refractivity contribution is 0.0942. The van der Waals surface area contributed by atoms with Crippen LogP contribution in [0.2, 0.25) is 0 Å². The fourth-order valence-corrected chi connectivity index (χ4v) is 3.19. The van der Waals surface area contributed by atoms with Crippen LogP contribution < -0.4 is 5.32 Å². The van der Waals surface area contributed by atoms with E-state index in [0.717, 1.165) is 15.8 Å². The van der Waals surface area contributed by atoms with Gasteiger partial charge in [-0.2, -0.15) is 0 Å². The van der Waals surface area contributed by atoms with Crippen molar-refractivity contribution in [1.82, 2.24) is 9.88 Å². The van der Waals surface area contributed by atoms with Crippen molar-refractivity contribution in [2.24, 2.45) is 0 Å². The minimum atomic E-state index is -0.282. The lowest BCUT2D eigenvalue weighted by Gasteiger charge is -2.09. The molecule has 3 rings (SSSR count). The molecule has 3 nitrogen and oxygen atoms in total. The van der Waals surface area contributed by atoms with Gasteiger partial charge in [0.2, 0.25) is 0 Å². The van der Waals surface area contributed by atoms with Crippen LogP contribution in [0.1, 0.15) is 16.1 Å². The van der Waals surface area contributed by atoms with Gasteiger partial charge in [0, 0.05) is 13.1 Å². The Morgan fingerprint density at radius 2 is 2.09 bits per heavy atom. The summed E-state index contributed by atoms with van der Waals surface area (Å²) in [5.74, 6) is -0.426. The number of rotatable bonds is 5. The highest BCUT2D eigenvalue weighted by molar-refractivity contribution is 7.17. The Labute approximate surface area is 131 Å². The maximum Gasteiger partial charge on any atom is 0.268 e. The summed E-state index contributed by atoms with van der Waals surface area (Å²) in [6.45, 7) is 4.69. The minimum absolute atomic E-state index is 0.144. The molecule has 1 amide bonds. The first-order valence-electron chi connectivity index (χ1n) is 6.89. The fourth-order valence-electron chi connectivity index (χ4n) is 2.37. The molecule has 0 aliphatic rings. The molecular formula is C17H15FN2OS. The van der Waals surface area contributed by atoms with Gasteiger partial charge in [-0.1, -0.05) is 18.2 Å². The maximum absolute atomic E-state index is 12.9. The predicted octanol–water partition coefficient (Wildman–Crippen LogP) is 3.96.